The van der Waals surface area contributed by atoms with Crippen LogP contribution in [0.1, 0.15) is 21.5 Å². The smallest absolute Gasteiger partial charge is 0.251 e. The number of aromatic nitrogens is 1. The average Bonchev–Trinajstić information content (AvgIpc) is 2.81. The van der Waals surface area contributed by atoms with Gasteiger partial charge in [0.2, 0.25) is 0 Å². The van der Waals surface area contributed by atoms with Gasteiger partial charge in [-0.15, -0.1) is 0 Å². The van der Waals surface area contributed by atoms with Crippen LogP contribution in [0.2, 0.25) is 0 Å². The van der Waals surface area contributed by atoms with Crippen molar-refractivity contribution >= 4 is 23.8 Å². The lowest BCUT2D eigenvalue weighted by atomic mass is 9.90. The van der Waals surface area contributed by atoms with Gasteiger partial charge in [-0.05, 0) is 65.9 Å². The monoisotopic (exact) mass is 426 g/mol. The van der Waals surface area contributed by atoms with E-state index < -0.39 is 0 Å². The highest BCUT2D eigenvalue weighted by Gasteiger charge is 2.20. The summed E-state index contributed by atoms with van der Waals surface area (Å²) in [6.07, 6.45) is 4.49. The molecule has 7 nitrogen and oxygen atoms in total. The molecule has 2 aliphatic rings. The largest absolute Gasteiger partial charge is 0.383 e. The minimum atomic E-state index is -0.00812. The molecule has 1 aromatic heterocycles. The fourth-order valence-electron chi connectivity index (χ4n) is 4.28. The van der Waals surface area contributed by atoms with Crippen LogP contribution < -0.4 is 16.0 Å². The third-order valence-corrected chi connectivity index (χ3v) is 6.17. The summed E-state index contributed by atoms with van der Waals surface area (Å²) < 4.78 is 0. The van der Waals surface area contributed by atoms with E-state index in [0.29, 0.717) is 12.4 Å². The number of fused-ring (bicyclic) bond motifs is 1. The Hall–Kier alpha value is -3.87. The Morgan fingerprint density at radius 3 is 2.56 bits per heavy atom. The number of nitrogens with zero attached hydrogens (tertiary/aromatic N) is 4. The van der Waals surface area contributed by atoms with E-state index in [9.17, 15) is 4.79 Å². The van der Waals surface area contributed by atoms with Crippen LogP contribution in [0.3, 0.4) is 0 Å². The van der Waals surface area contributed by atoms with Crippen LogP contribution >= 0.6 is 0 Å². The summed E-state index contributed by atoms with van der Waals surface area (Å²) in [5.74, 6) is 0.480. The Labute approximate surface area is 187 Å². The van der Waals surface area contributed by atoms with Crippen LogP contribution in [0.4, 0.5) is 11.5 Å². The fraction of sp³-hybridized carbons (Fsp3) is 0.240. The highest BCUT2D eigenvalue weighted by Crippen LogP contribution is 2.34. The molecule has 1 amide bonds. The van der Waals surface area contributed by atoms with Gasteiger partial charge in [0.25, 0.3) is 5.91 Å². The van der Waals surface area contributed by atoms with Crippen molar-refractivity contribution in [3.05, 3.63) is 65.4 Å². The van der Waals surface area contributed by atoms with Crippen LogP contribution in [0.15, 0.2) is 53.8 Å². The number of hydrogen-bond donors (Lipinski definition) is 2. The van der Waals surface area contributed by atoms with Crippen molar-refractivity contribution in [1.82, 2.24) is 15.3 Å². The van der Waals surface area contributed by atoms with Gasteiger partial charge in [-0.1, -0.05) is 12.1 Å². The van der Waals surface area contributed by atoms with Gasteiger partial charge in [0, 0.05) is 48.7 Å². The summed E-state index contributed by atoms with van der Waals surface area (Å²) in [7, 11) is 1.97. The molecule has 3 N–H and O–H groups in total. The summed E-state index contributed by atoms with van der Waals surface area (Å²) >= 11 is 0. The maximum Gasteiger partial charge on any atom is 0.251 e. The predicted molar refractivity (Wildman–Crippen MR) is 129 cm³/mol. The Balaban J connectivity index is 1.48. The number of amides is 1. The highest BCUT2D eigenvalue weighted by atomic mass is 16.1. The second-order valence-electron chi connectivity index (χ2n) is 8.34. The van der Waals surface area contributed by atoms with Crippen molar-refractivity contribution < 1.29 is 4.79 Å². The number of anilines is 2. The third kappa shape index (κ3) is 3.66. The van der Waals surface area contributed by atoms with Crippen LogP contribution in [-0.2, 0) is 6.42 Å². The number of rotatable bonds is 3. The molecule has 0 saturated carbocycles. The van der Waals surface area contributed by atoms with Crippen LogP contribution in [0, 0.1) is 6.92 Å². The highest BCUT2D eigenvalue weighted by molar-refractivity contribution is 5.98. The lowest BCUT2D eigenvalue weighted by Gasteiger charge is -2.27. The summed E-state index contributed by atoms with van der Waals surface area (Å²) in [6.45, 7) is 4.47. The molecule has 7 heteroatoms. The molecule has 0 fully saturated rings. The van der Waals surface area contributed by atoms with Crippen LogP contribution in [0.25, 0.3) is 22.3 Å². The summed E-state index contributed by atoms with van der Waals surface area (Å²) in [5.41, 5.74) is 14.2. The molecule has 0 spiro atoms. The van der Waals surface area contributed by atoms with E-state index in [-0.39, 0.29) is 5.91 Å². The first-order valence-corrected chi connectivity index (χ1v) is 10.8. The zero-order valence-electron chi connectivity index (χ0n) is 18.3. The molecule has 3 aromatic rings. The molecule has 2 aliphatic heterocycles. The molecule has 5 rings (SSSR count). The van der Waals surface area contributed by atoms with Crippen molar-refractivity contribution in [1.29, 1.82) is 0 Å². The van der Waals surface area contributed by atoms with E-state index >= 15 is 0 Å². The van der Waals surface area contributed by atoms with Crippen molar-refractivity contribution in [2.24, 2.45) is 5.10 Å². The van der Waals surface area contributed by atoms with Gasteiger partial charge in [-0.3, -0.25) is 9.80 Å². The molecule has 0 radical (unpaired) electrons. The normalized spacial score (nSPS) is 15.5. The van der Waals surface area contributed by atoms with Gasteiger partial charge < -0.3 is 16.0 Å². The van der Waals surface area contributed by atoms with Crippen LogP contribution in [-0.4, -0.2) is 48.9 Å². The number of hydrazone groups is 1. The van der Waals surface area contributed by atoms with Gasteiger partial charge >= 0.3 is 0 Å². The number of carbonyl (C=O) groups excluding carboxylic acids is 1. The maximum absolute atomic E-state index is 12.2. The summed E-state index contributed by atoms with van der Waals surface area (Å²) in [6, 6.07) is 14.5. The van der Waals surface area contributed by atoms with Crippen molar-refractivity contribution in [3.8, 4) is 22.3 Å². The lowest BCUT2D eigenvalue weighted by Crippen LogP contribution is -2.35. The molecule has 2 aromatic carbocycles. The molecule has 32 heavy (non-hydrogen) atoms. The van der Waals surface area contributed by atoms with Gasteiger partial charge in [-0.25, -0.2) is 4.98 Å². The zero-order valence-corrected chi connectivity index (χ0v) is 18.3. The SMILES string of the molecule is Cc1cc2c(cc1-c1cc(-c3ccc(N4C=NN(C)CC4)cc3)cnc1N)CCNC2=O. The first-order chi connectivity index (χ1) is 15.5. The molecular weight excluding hydrogens is 400 g/mol. The van der Waals surface area contributed by atoms with Crippen molar-refractivity contribution in [2.45, 2.75) is 13.3 Å². The second kappa shape index (κ2) is 8.00. The van der Waals surface area contributed by atoms with E-state index in [0.717, 1.165) is 64.1 Å². The van der Waals surface area contributed by atoms with Gasteiger partial charge in [0.05, 0.1) is 6.54 Å². The van der Waals surface area contributed by atoms with E-state index in [1.54, 1.807) is 0 Å². The average molecular weight is 427 g/mol. The number of likely N-dealkylation sites (N-methyl/N-ethyl adjacent to an activating group) is 1. The Kier molecular flexibility index (Phi) is 5.01. The number of hydrogen-bond acceptors (Lipinski definition) is 6. The number of nitrogens with two attached hydrogens (primary N) is 1. The van der Waals surface area contributed by atoms with Gasteiger partial charge in [0.1, 0.15) is 12.2 Å². The Morgan fingerprint density at radius 2 is 1.81 bits per heavy atom. The fourth-order valence-corrected chi connectivity index (χ4v) is 4.28. The molecule has 0 unspecified atom stereocenters. The minimum absolute atomic E-state index is 0.00812. The van der Waals surface area contributed by atoms with Gasteiger partial charge in [-0.2, -0.15) is 5.10 Å². The van der Waals surface area contributed by atoms with Crippen LogP contribution in [0.5, 0.6) is 0 Å². The quantitative estimate of drug-likeness (QED) is 0.671. The number of benzene rings is 2. The number of carbonyl (C=O) groups is 1. The summed E-state index contributed by atoms with van der Waals surface area (Å²) in [4.78, 5) is 18.8. The van der Waals surface area contributed by atoms with Crippen molar-refractivity contribution in [3.63, 3.8) is 0 Å². The molecule has 0 aliphatic carbocycles. The summed E-state index contributed by atoms with van der Waals surface area (Å²) in [5, 5.41) is 9.19. The lowest BCUT2D eigenvalue weighted by molar-refractivity contribution is 0.0946. The number of nitrogen functional groups attached to an aromatic ring is 1. The number of pyridine rings is 1. The van der Waals surface area contributed by atoms with E-state index in [4.69, 9.17) is 5.73 Å². The van der Waals surface area contributed by atoms with E-state index in [1.807, 2.05) is 37.6 Å². The molecule has 0 atom stereocenters. The second-order valence-corrected chi connectivity index (χ2v) is 8.34. The molecule has 0 saturated heterocycles. The first-order valence-electron chi connectivity index (χ1n) is 10.8. The molecule has 162 valence electrons. The number of aryl methyl sites for hydroxylation is 1. The maximum atomic E-state index is 12.2. The minimum Gasteiger partial charge on any atom is -0.383 e. The predicted octanol–water partition coefficient (Wildman–Crippen LogP) is 3.29. The number of nitrogens with one attached hydrogen (secondary N) is 1. The molecule has 3 heterocycles. The Bertz CT molecular complexity index is 1220. The molecule has 0 bridgehead atoms. The molecular formula is C25H26N6O. The Morgan fingerprint density at radius 1 is 1.00 bits per heavy atom. The standard InChI is InChI=1S/C25H26N6O/c1-16-11-22-18(7-8-27-25(22)32)12-21(16)23-13-19(14-28-24(23)26)17-3-5-20(6-4-17)31-10-9-30(2)29-15-31/h3-6,11-15H,7-10H2,1-2H3,(H2,26,28)(H,27,32). The van der Waals surface area contributed by atoms with E-state index in [2.05, 4.69) is 56.7 Å². The van der Waals surface area contributed by atoms with Gasteiger partial charge in [0.15, 0.2) is 0 Å². The first kappa shape index (κ1) is 20.1. The van der Waals surface area contributed by atoms with E-state index in [1.165, 1.54) is 0 Å². The van der Waals surface area contributed by atoms with Crippen molar-refractivity contribution in [2.75, 3.05) is 37.3 Å². The third-order valence-electron chi connectivity index (χ3n) is 6.17. The topological polar surface area (TPSA) is 86.8 Å². The zero-order chi connectivity index (χ0) is 22.2.